The van der Waals surface area contributed by atoms with Gasteiger partial charge in [0.1, 0.15) is 0 Å². The van der Waals surface area contributed by atoms with Gasteiger partial charge in [-0.1, -0.05) is 33.1 Å². The molecule has 0 fully saturated rings. The number of hydrogen-bond donors (Lipinski definition) is 1. The average Bonchev–Trinajstić information content (AvgIpc) is 2.04. The molecule has 0 saturated carbocycles. The third-order valence-electron chi connectivity index (χ3n) is 1.69. The minimum Gasteiger partial charge on any atom is -0.387 e. The van der Waals surface area contributed by atoms with E-state index in [1.54, 1.807) is 0 Å². The summed E-state index contributed by atoms with van der Waals surface area (Å²) in [6.07, 6.45) is 5.97. The van der Waals surface area contributed by atoms with Crippen molar-refractivity contribution in [2.24, 2.45) is 10.7 Å². The molecular weight excluding hydrogens is 136 g/mol. The number of rotatable bonds is 6. The molecule has 0 aromatic carbocycles. The van der Waals surface area contributed by atoms with Gasteiger partial charge in [-0.25, -0.2) is 0 Å². The molecule has 0 aliphatic heterocycles. The predicted molar refractivity (Wildman–Crippen MR) is 50.9 cm³/mol. The second-order valence-electron chi connectivity index (χ2n) is 2.79. The van der Waals surface area contributed by atoms with E-state index in [-0.39, 0.29) is 0 Å². The SMILES string of the molecule is CCCCCCN=C(N)CC. The minimum atomic E-state index is 0.793. The summed E-state index contributed by atoms with van der Waals surface area (Å²) in [4.78, 5) is 4.21. The molecule has 0 aromatic rings. The zero-order valence-corrected chi connectivity index (χ0v) is 7.77. The van der Waals surface area contributed by atoms with Gasteiger partial charge in [-0.15, -0.1) is 0 Å². The van der Waals surface area contributed by atoms with Crippen LogP contribution in [0.25, 0.3) is 0 Å². The van der Waals surface area contributed by atoms with Crippen molar-refractivity contribution in [1.82, 2.24) is 0 Å². The lowest BCUT2D eigenvalue weighted by Gasteiger charge is -1.96. The van der Waals surface area contributed by atoms with Crippen molar-refractivity contribution in [3.8, 4) is 0 Å². The number of amidine groups is 1. The highest BCUT2D eigenvalue weighted by molar-refractivity contribution is 5.79. The summed E-state index contributed by atoms with van der Waals surface area (Å²) in [6, 6.07) is 0. The van der Waals surface area contributed by atoms with E-state index in [0.29, 0.717) is 0 Å². The van der Waals surface area contributed by atoms with Gasteiger partial charge < -0.3 is 5.73 Å². The van der Waals surface area contributed by atoms with Gasteiger partial charge in [0.05, 0.1) is 5.84 Å². The van der Waals surface area contributed by atoms with Crippen LogP contribution in [-0.4, -0.2) is 12.4 Å². The van der Waals surface area contributed by atoms with Crippen molar-refractivity contribution < 1.29 is 0 Å². The maximum Gasteiger partial charge on any atom is 0.0934 e. The van der Waals surface area contributed by atoms with Gasteiger partial charge in [-0.05, 0) is 6.42 Å². The first-order valence-corrected chi connectivity index (χ1v) is 4.60. The van der Waals surface area contributed by atoms with Gasteiger partial charge in [0, 0.05) is 13.0 Å². The standard InChI is InChI=1S/C9H20N2/c1-3-5-6-7-8-11-9(10)4-2/h3-8H2,1-2H3,(H2,10,11). The van der Waals surface area contributed by atoms with E-state index in [0.717, 1.165) is 18.8 Å². The Morgan fingerprint density at radius 3 is 2.45 bits per heavy atom. The lowest BCUT2D eigenvalue weighted by molar-refractivity contribution is 0.674. The van der Waals surface area contributed by atoms with Gasteiger partial charge in [0.25, 0.3) is 0 Å². The van der Waals surface area contributed by atoms with Crippen LogP contribution in [0.2, 0.25) is 0 Å². The third kappa shape index (κ3) is 7.37. The number of unbranched alkanes of at least 4 members (excludes halogenated alkanes) is 3. The van der Waals surface area contributed by atoms with E-state index in [1.165, 1.54) is 25.7 Å². The zero-order chi connectivity index (χ0) is 8.53. The molecule has 0 heterocycles. The Bertz CT molecular complexity index is 108. The molecule has 0 rings (SSSR count). The van der Waals surface area contributed by atoms with Crippen LogP contribution in [0.4, 0.5) is 0 Å². The normalized spacial score (nSPS) is 12.0. The molecule has 0 atom stereocenters. The summed E-state index contributed by atoms with van der Waals surface area (Å²) < 4.78 is 0. The summed E-state index contributed by atoms with van der Waals surface area (Å²) in [5.74, 6) is 0.793. The molecule has 0 bridgehead atoms. The van der Waals surface area contributed by atoms with Crippen LogP contribution in [0, 0.1) is 0 Å². The fourth-order valence-corrected chi connectivity index (χ4v) is 0.873. The van der Waals surface area contributed by atoms with Crippen molar-refractivity contribution >= 4 is 5.84 Å². The van der Waals surface area contributed by atoms with Crippen LogP contribution in [0.1, 0.15) is 46.0 Å². The lowest BCUT2D eigenvalue weighted by atomic mass is 10.2. The maximum absolute atomic E-state index is 5.54. The van der Waals surface area contributed by atoms with Crippen molar-refractivity contribution in [3.05, 3.63) is 0 Å². The van der Waals surface area contributed by atoms with Crippen LogP contribution in [0.3, 0.4) is 0 Å². The first-order chi connectivity index (χ1) is 5.31. The summed E-state index contributed by atoms with van der Waals surface area (Å²) in [5, 5.41) is 0. The molecule has 2 nitrogen and oxygen atoms in total. The number of aliphatic imine (C=N–C) groups is 1. The minimum absolute atomic E-state index is 0.793. The van der Waals surface area contributed by atoms with E-state index in [4.69, 9.17) is 5.73 Å². The van der Waals surface area contributed by atoms with E-state index in [2.05, 4.69) is 11.9 Å². The second kappa shape index (κ2) is 7.58. The Hall–Kier alpha value is -0.530. The van der Waals surface area contributed by atoms with Crippen LogP contribution < -0.4 is 5.73 Å². The van der Waals surface area contributed by atoms with Crippen LogP contribution in [-0.2, 0) is 0 Å². The maximum atomic E-state index is 5.54. The van der Waals surface area contributed by atoms with Crippen LogP contribution in [0.5, 0.6) is 0 Å². The molecule has 0 aliphatic carbocycles. The average molecular weight is 156 g/mol. The van der Waals surface area contributed by atoms with E-state index in [1.807, 2.05) is 6.92 Å². The number of hydrogen-bond acceptors (Lipinski definition) is 1. The molecule has 0 aliphatic rings. The molecule has 0 amide bonds. The van der Waals surface area contributed by atoms with Crippen molar-refractivity contribution in [2.75, 3.05) is 6.54 Å². The van der Waals surface area contributed by atoms with E-state index in [9.17, 15) is 0 Å². The van der Waals surface area contributed by atoms with Gasteiger partial charge in [-0.2, -0.15) is 0 Å². The Morgan fingerprint density at radius 1 is 1.18 bits per heavy atom. The zero-order valence-electron chi connectivity index (χ0n) is 7.77. The summed E-state index contributed by atoms with van der Waals surface area (Å²) in [6.45, 7) is 5.16. The largest absolute Gasteiger partial charge is 0.387 e. The first-order valence-electron chi connectivity index (χ1n) is 4.60. The molecule has 0 unspecified atom stereocenters. The summed E-state index contributed by atoms with van der Waals surface area (Å²) in [7, 11) is 0. The molecule has 0 aromatic heterocycles. The Balaban J connectivity index is 3.12. The van der Waals surface area contributed by atoms with Crippen molar-refractivity contribution in [3.63, 3.8) is 0 Å². The summed E-state index contributed by atoms with van der Waals surface area (Å²) >= 11 is 0. The van der Waals surface area contributed by atoms with E-state index < -0.39 is 0 Å². The fourth-order valence-electron chi connectivity index (χ4n) is 0.873. The van der Waals surface area contributed by atoms with Crippen LogP contribution in [0.15, 0.2) is 4.99 Å². The second-order valence-corrected chi connectivity index (χ2v) is 2.79. The van der Waals surface area contributed by atoms with Gasteiger partial charge in [0.2, 0.25) is 0 Å². The monoisotopic (exact) mass is 156 g/mol. The van der Waals surface area contributed by atoms with E-state index >= 15 is 0 Å². The highest BCUT2D eigenvalue weighted by Gasteiger charge is 1.87. The summed E-state index contributed by atoms with van der Waals surface area (Å²) in [5.41, 5.74) is 5.54. The molecule has 0 radical (unpaired) electrons. The Morgan fingerprint density at radius 2 is 1.91 bits per heavy atom. The van der Waals surface area contributed by atoms with Gasteiger partial charge in [-0.3, -0.25) is 4.99 Å². The molecular formula is C9H20N2. The van der Waals surface area contributed by atoms with Gasteiger partial charge >= 0.3 is 0 Å². The van der Waals surface area contributed by atoms with Crippen LogP contribution >= 0.6 is 0 Å². The molecule has 0 spiro atoms. The first kappa shape index (κ1) is 10.5. The number of nitrogens with two attached hydrogens (primary N) is 1. The predicted octanol–water partition coefficient (Wildman–Crippen LogP) is 2.33. The molecule has 0 saturated heterocycles. The molecule has 66 valence electrons. The Labute approximate surface area is 69.9 Å². The Kier molecular flexibility index (Phi) is 7.21. The molecule has 2 heteroatoms. The fraction of sp³-hybridized carbons (Fsp3) is 0.889. The lowest BCUT2D eigenvalue weighted by Crippen LogP contribution is -2.10. The van der Waals surface area contributed by atoms with Gasteiger partial charge in [0.15, 0.2) is 0 Å². The van der Waals surface area contributed by atoms with Crippen molar-refractivity contribution in [1.29, 1.82) is 0 Å². The third-order valence-corrected chi connectivity index (χ3v) is 1.69. The topological polar surface area (TPSA) is 38.4 Å². The molecule has 2 N–H and O–H groups in total. The molecule has 11 heavy (non-hydrogen) atoms. The van der Waals surface area contributed by atoms with Crippen molar-refractivity contribution in [2.45, 2.75) is 46.0 Å². The quantitative estimate of drug-likeness (QED) is 0.358. The number of nitrogens with zero attached hydrogens (tertiary/aromatic N) is 1. The highest BCUT2D eigenvalue weighted by Crippen LogP contribution is 1.98. The highest BCUT2D eigenvalue weighted by atomic mass is 14.8. The smallest absolute Gasteiger partial charge is 0.0934 e.